The molecule has 9 heteroatoms. The summed E-state index contributed by atoms with van der Waals surface area (Å²) in [6.45, 7) is 4.18. The number of ketones is 2. The first kappa shape index (κ1) is 21.7. The standard InChI is InChI=1S/C24H30N6O3/c1-24(2)10-17-20(18(32)11-24)16(9-13-3-4-13)29-30(17)19-12-26-21(22(25)33)23(28-19)27-14-5-7-15(31)8-6-14/h12-14H,3-11H2,1-2H3,(H2,25,33)(H,27,28). The quantitative estimate of drug-likeness (QED) is 0.691. The molecule has 0 aromatic carbocycles. The summed E-state index contributed by atoms with van der Waals surface area (Å²) in [5, 5.41) is 8.12. The van der Waals surface area contributed by atoms with Crippen molar-refractivity contribution in [3.05, 3.63) is 28.8 Å². The zero-order valence-electron chi connectivity index (χ0n) is 19.2. The van der Waals surface area contributed by atoms with Crippen LogP contribution in [0.1, 0.15) is 91.0 Å². The third-order valence-electron chi connectivity index (χ3n) is 6.89. The molecule has 3 N–H and O–H groups in total. The lowest BCUT2D eigenvalue weighted by Gasteiger charge is -2.29. The first-order valence-corrected chi connectivity index (χ1v) is 11.8. The highest BCUT2D eigenvalue weighted by molar-refractivity contribution is 6.00. The number of rotatable bonds is 6. The van der Waals surface area contributed by atoms with Gasteiger partial charge in [-0.2, -0.15) is 5.10 Å². The zero-order valence-corrected chi connectivity index (χ0v) is 19.2. The van der Waals surface area contributed by atoms with E-state index in [4.69, 9.17) is 15.8 Å². The smallest absolute Gasteiger partial charge is 0.271 e. The molecule has 2 aromatic rings. The van der Waals surface area contributed by atoms with Crippen LogP contribution in [0.5, 0.6) is 0 Å². The lowest BCUT2D eigenvalue weighted by molar-refractivity contribution is -0.120. The minimum absolute atomic E-state index is 0.0165. The molecular formula is C24H30N6O3. The topological polar surface area (TPSA) is 133 Å². The van der Waals surface area contributed by atoms with Gasteiger partial charge in [0.2, 0.25) is 0 Å². The number of nitrogens with zero attached hydrogens (tertiary/aromatic N) is 4. The third kappa shape index (κ3) is 4.41. The summed E-state index contributed by atoms with van der Waals surface area (Å²) in [5.74, 6) is 1.06. The summed E-state index contributed by atoms with van der Waals surface area (Å²) in [7, 11) is 0. The molecule has 2 aromatic heterocycles. The van der Waals surface area contributed by atoms with Gasteiger partial charge in [-0.1, -0.05) is 13.8 Å². The zero-order chi connectivity index (χ0) is 23.3. The van der Waals surface area contributed by atoms with Crippen LogP contribution in [0.15, 0.2) is 6.20 Å². The van der Waals surface area contributed by atoms with Gasteiger partial charge in [0, 0.05) is 25.3 Å². The Kier molecular flexibility index (Phi) is 5.29. The number of primary amides is 1. The molecule has 5 rings (SSSR count). The van der Waals surface area contributed by atoms with Gasteiger partial charge in [0.25, 0.3) is 5.91 Å². The number of fused-ring (bicyclic) bond motifs is 1. The predicted octanol–water partition coefficient (Wildman–Crippen LogP) is 2.79. The minimum Gasteiger partial charge on any atom is -0.365 e. The number of aromatic nitrogens is 4. The van der Waals surface area contributed by atoms with Crippen LogP contribution in [0.2, 0.25) is 0 Å². The summed E-state index contributed by atoms with van der Waals surface area (Å²) in [4.78, 5) is 45.7. The first-order chi connectivity index (χ1) is 15.7. The number of anilines is 1. The van der Waals surface area contributed by atoms with E-state index in [1.165, 1.54) is 19.0 Å². The van der Waals surface area contributed by atoms with Crippen molar-refractivity contribution in [1.29, 1.82) is 0 Å². The fourth-order valence-electron chi connectivity index (χ4n) is 5.00. The molecule has 3 aliphatic carbocycles. The molecular weight excluding hydrogens is 420 g/mol. The largest absolute Gasteiger partial charge is 0.365 e. The molecule has 0 spiro atoms. The summed E-state index contributed by atoms with van der Waals surface area (Å²) in [6.07, 6.45) is 8.21. The van der Waals surface area contributed by atoms with Crippen molar-refractivity contribution in [2.24, 2.45) is 17.1 Å². The van der Waals surface area contributed by atoms with E-state index in [1.54, 1.807) is 4.68 Å². The van der Waals surface area contributed by atoms with E-state index in [9.17, 15) is 14.4 Å². The molecule has 0 unspecified atom stereocenters. The molecule has 0 radical (unpaired) electrons. The van der Waals surface area contributed by atoms with Crippen molar-refractivity contribution in [3.8, 4) is 5.82 Å². The van der Waals surface area contributed by atoms with Crippen molar-refractivity contribution in [2.75, 3.05) is 5.32 Å². The second-order valence-electron chi connectivity index (χ2n) is 10.5. The van der Waals surface area contributed by atoms with Crippen LogP contribution >= 0.6 is 0 Å². The molecule has 174 valence electrons. The van der Waals surface area contributed by atoms with Crippen molar-refractivity contribution in [3.63, 3.8) is 0 Å². The van der Waals surface area contributed by atoms with E-state index in [0.717, 1.165) is 23.4 Å². The molecule has 0 saturated heterocycles. The van der Waals surface area contributed by atoms with Crippen LogP contribution in [0.4, 0.5) is 5.82 Å². The summed E-state index contributed by atoms with van der Waals surface area (Å²) in [5.41, 5.74) is 7.89. The van der Waals surface area contributed by atoms with Crippen LogP contribution in [-0.2, 0) is 17.6 Å². The van der Waals surface area contributed by atoms with Gasteiger partial charge in [-0.15, -0.1) is 0 Å². The van der Waals surface area contributed by atoms with Gasteiger partial charge < -0.3 is 11.1 Å². The van der Waals surface area contributed by atoms with E-state index in [2.05, 4.69) is 24.1 Å². The molecule has 2 fully saturated rings. The highest BCUT2D eigenvalue weighted by Gasteiger charge is 2.38. The fourth-order valence-corrected chi connectivity index (χ4v) is 5.00. The Morgan fingerprint density at radius 1 is 1.18 bits per heavy atom. The Morgan fingerprint density at radius 2 is 1.91 bits per heavy atom. The average molecular weight is 451 g/mol. The second-order valence-corrected chi connectivity index (χ2v) is 10.5. The lowest BCUT2D eigenvalue weighted by atomic mass is 9.75. The van der Waals surface area contributed by atoms with Crippen molar-refractivity contribution in [1.82, 2.24) is 19.7 Å². The molecule has 2 saturated carbocycles. The maximum absolute atomic E-state index is 13.1. The third-order valence-corrected chi connectivity index (χ3v) is 6.89. The fraction of sp³-hybridized carbons (Fsp3) is 0.583. The van der Waals surface area contributed by atoms with Crippen LogP contribution in [0.3, 0.4) is 0 Å². The van der Waals surface area contributed by atoms with Crippen LogP contribution < -0.4 is 11.1 Å². The Bertz CT molecular complexity index is 1140. The number of carbonyl (C=O) groups is 3. The minimum atomic E-state index is -0.670. The highest BCUT2D eigenvalue weighted by Crippen LogP contribution is 2.40. The van der Waals surface area contributed by atoms with Gasteiger partial charge >= 0.3 is 0 Å². The maximum Gasteiger partial charge on any atom is 0.271 e. The van der Waals surface area contributed by atoms with E-state index < -0.39 is 5.91 Å². The monoisotopic (exact) mass is 450 g/mol. The van der Waals surface area contributed by atoms with Crippen LogP contribution in [0, 0.1) is 11.3 Å². The maximum atomic E-state index is 13.1. The highest BCUT2D eigenvalue weighted by atomic mass is 16.1. The van der Waals surface area contributed by atoms with E-state index in [-0.39, 0.29) is 28.7 Å². The Morgan fingerprint density at radius 3 is 2.58 bits per heavy atom. The van der Waals surface area contributed by atoms with Crippen molar-refractivity contribution >= 4 is 23.3 Å². The summed E-state index contributed by atoms with van der Waals surface area (Å²) in [6, 6.07) is 0.0165. The number of nitrogens with one attached hydrogen (secondary N) is 1. The first-order valence-electron chi connectivity index (χ1n) is 11.8. The number of nitrogens with two attached hydrogens (primary N) is 1. The molecule has 9 nitrogen and oxygen atoms in total. The van der Waals surface area contributed by atoms with Gasteiger partial charge in [0.1, 0.15) is 5.78 Å². The number of hydrogen-bond acceptors (Lipinski definition) is 7. The van der Waals surface area contributed by atoms with Crippen molar-refractivity contribution < 1.29 is 14.4 Å². The Labute approximate surface area is 192 Å². The van der Waals surface area contributed by atoms with E-state index >= 15 is 0 Å². The molecule has 0 bridgehead atoms. The van der Waals surface area contributed by atoms with Crippen molar-refractivity contribution in [2.45, 2.75) is 77.7 Å². The molecule has 3 aliphatic rings. The van der Waals surface area contributed by atoms with Crippen LogP contribution in [0.25, 0.3) is 5.82 Å². The molecule has 1 amide bonds. The average Bonchev–Trinajstić information content (AvgIpc) is 3.48. The van der Waals surface area contributed by atoms with Gasteiger partial charge in [-0.05, 0) is 49.9 Å². The number of amides is 1. The molecule has 0 aliphatic heterocycles. The van der Waals surface area contributed by atoms with Gasteiger partial charge in [0.15, 0.2) is 23.1 Å². The second kappa shape index (κ2) is 8.04. The van der Waals surface area contributed by atoms with Gasteiger partial charge in [0.05, 0.1) is 23.1 Å². The lowest BCUT2D eigenvalue weighted by Crippen LogP contribution is -2.30. The molecule has 0 atom stereocenters. The summed E-state index contributed by atoms with van der Waals surface area (Å²) >= 11 is 0. The number of carbonyl (C=O) groups excluding carboxylic acids is 3. The Balaban J connectivity index is 1.55. The van der Waals surface area contributed by atoms with Crippen LogP contribution in [-0.4, -0.2) is 43.3 Å². The van der Waals surface area contributed by atoms with E-state index in [0.29, 0.717) is 56.1 Å². The molecule has 2 heterocycles. The molecule has 33 heavy (non-hydrogen) atoms. The number of Topliss-reactive ketones (excluding diaryl/α,β-unsaturated/α-hetero) is 2. The Hall–Kier alpha value is -3.10. The predicted molar refractivity (Wildman–Crippen MR) is 121 cm³/mol. The normalized spacial score (nSPS) is 20.5. The number of hydrogen-bond donors (Lipinski definition) is 2. The van der Waals surface area contributed by atoms with E-state index in [1.807, 2.05) is 0 Å². The SMILES string of the molecule is CC1(C)CC(=O)c2c(CC3CC3)nn(-c3cnc(C(N)=O)c(NC4CCC(=O)CC4)n3)c2C1. The van der Waals surface area contributed by atoms with Gasteiger partial charge in [-0.25, -0.2) is 14.6 Å². The summed E-state index contributed by atoms with van der Waals surface area (Å²) < 4.78 is 1.74. The van der Waals surface area contributed by atoms with Gasteiger partial charge in [-0.3, -0.25) is 14.4 Å².